The van der Waals surface area contributed by atoms with Crippen LogP contribution in [0, 0.1) is 10.5 Å². The molecule has 4 aromatic rings. The third-order valence-corrected chi connectivity index (χ3v) is 4.99. The van der Waals surface area contributed by atoms with Gasteiger partial charge in [-0.25, -0.2) is 4.98 Å². The smallest absolute Gasteiger partial charge is 0.256 e. The first kappa shape index (κ1) is 16.8. The molecule has 1 amide bonds. The zero-order valence-electron chi connectivity index (χ0n) is 14.0. The minimum Gasteiger partial charge on any atom is -0.436 e. The molecule has 0 spiro atoms. The molecule has 4 rings (SSSR count). The summed E-state index contributed by atoms with van der Waals surface area (Å²) < 4.78 is 6.76. The van der Waals surface area contributed by atoms with Crippen molar-refractivity contribution in [3.63, 3.8) is 0 Å². The number of rotatable bonds is 3. The summed E-state index contributed by atoms with van der Waals surface area (Å²) in [4.78, 5) is 16.9. The van der Waals surface area contributed by atoms with Crippen LogP contribution in [0.5, 0.6) is 0 Å². The van der Waals surface area contributed by atoms with Gasteiger partial charge in [-0.15, -0.1) is 0 Å². The van der Waals surface area contributed by atoms with E-state index in [0.29, 0.717) is 11.5 Å². The van der Waals surface area contributed by atoms with Crippen LogP contribution in [-0.2, 0) is 0 Å². The van der Waals surface area contributed by atoms with Gasteiger partial charge in [0.1, 0.15) is 5.52 Å². The third-order valence-electron chi connectivity index (χ3n) is 4.05. The molecule has 4 nitrogen and oxygen atoms in total. The normalized spacial score (nSPS) is 10.8. The highest BCUT2D eigenvalue weighted by atomic mass is 127. The summed E-state index contributed by atoms with van der Waals surface area (Å²) in [6, 6.07) is 20.9. The number of aryl methyl sites for hydroxylation is 1. The van der Waals surface area contributed by atoms with E-state index in [1.54, 1.807) is 0 Å². The topological polar surface area (TPSA) is 55.1 Å². The molecular weight excluding hydrogens is 439 g/mol. The second-order valence-electron chi connectivity index (χ2n) is 6.00. The van der Waals surface area contributed by atoms with Crippen molar-refractivity contribution < 1.29 is 9.21 Å². The minimum atomic E-state index is -0.125. The highest BCUT2D eigenvalue weighted by Gasteiger charge is 2.11. The van der Waals surface area contributed by atoms with E-state index in [1.807, 2.05) is 73.7 Å². The monoisotopic (exact) mass is 454 g/mol. The third kappa shape index (κ3) is 3.35. The van der Waals surface area contributed by atoms with Crippen LogP contribution < -0.4 is 5.32 Å². The van der Waals surface area contributed by atoms with E-state index in [0.717, 1.165) is 31.5 Å². The lowest BCUT2D eigenvalue weighted by molar-refractivity contribution is 0.102. The average molecular weight is 454 g/mol. The zero-order valence-corrected chi connectivity index (χ0v) is 16.2. The lowest BCUT2D eigenvalue weighted by Gasteiger charge is -2.07. The van der Waals surface area contributed by atoms with Gasteiger partial charge >= 0.3 is 0 Å². The highest BCUT2D eigenvalue weighted by molar-refractivity contribution is 14.1. The van der Waals surface area contributed by atoms with E-state index in [1.165, 1.54) is 0 Å². The number of carbonyl (C=O) groups excluding carboxylic acids is 1. The van der Waals surface area contributed by atoms with E-state index >= 15 is 0 Å². The molecule has 0 radical (unpaired) electrons. The van der Waals surface area contributed by atoms with Crippen LogP contribution >= 0.6 is 22.6 Å². The number of carbonyl (C=O) groups is 1. The molecule has 26 heavy (non-hydrogen) atoms. The predicted octanol–water partition coefficient (Wildman–Crippen LogP) is 5.66. The molecule has 0 atom stereocenters. The second-order valence-corrected chi connectivity index (χ2v) is 7.16. The Labute approximate surface area is 164 Å². The molecule has 1 N–H and O–H groups in total. The van der Waals surface area contributed by atoms with Crippen LogP contribution in [0.4, 0.5) is 5.69 Å². The van der Waals surface area contributed by atoms with Crippen molar-refractivity contribution in [2.45, 2.75) is 6.92 Å². The summed E-state index contributed by atoms with van der Waals surface area (Å²) in [6.45, 7) is 2.02. The van der Waals surface area contributed by atoms with Gasteiger partial charge in [-0.2, -0.15) is 0 Å². The van der Waals surface area contributed by atoms with Gasteiger partial charge in [0.15, 0.2) is 5.58 Å². The van der Waals surface area contributed by atoms with Crippen molar-refractivity contribution in [1.29, 1.82) is 0 Å². The molecular formula is C21H15IN2O2. The van der Waals surface area contributed by atoms with Crippen LogP contribution in [0.2, 0.25) is 0 Å². The van der Waals surface area contributed by atoms with Gasteiger partial charge in [0.05, 0.1) is 5.56 Å². The van der Waals surface area contributed by atoms with Crippen molar-refractivity contribution in [2.75, 3.05) is 5.32 Å². The summed E-state index contributed by atoms with van der Waals surface area (Å²) in [5.74, 6) is 0.446. The molecule has 0 fully saturated rings. The van der Waals surface area contributed by atoms with E-state index in [-0.39, 0.29) is 5.91 Å². The molecule has 0 saturated carbocycles. The lowest BCUT2D eigenvalue weighted by atomic mass is 10.2. The highest BCUT2D eigenvalue weighted by Crippen LogP contribution is 2.26. The maximum absolute atomic E-state index is 12.4. The number of hydrogen-bond donors (Lipinski definition) is 1. The summed E-state index contributed by atoms with van der Waals surface area (Å²) in [7, 11) is 0. The second kappa shape index (κ2) is 6.92. The van der Waals surface area contributed by atoms with Crippen molar-refractivity contribution in [2.24, 2.45) is 0 Å². The van der Waals surface area contributed by atoms with Crippen LogP contribution in [0.25, 0.3) is 22.6 Å². The van der Waals surface area contributed by atoms with Gasteiger partial charge in [0, 0.05) is 14.8 Å². The minimum absolute atomic E-state index is 0.125. The number of nitrogens with one attached hydrogen (secondary N) is 1. The molecule has 0 saturated heterocycles. The van der Waals surface area contributed by atoms with E-state index in [4.69, 9.17) is 4.42 Å². The first-order valence-corrected chi connectivity index (χ1v) is 9.21. The quantitative estimate of drug-likeness (QED) is 0.407. The van der Waals surface area contributed by atoms with E-state index < -0.39 is 0 Å². The standard InChI is InChI=1S/C21H15IN2O2/c1-13-6-11-18-19(12-13)26-21(24-18)14-7-9-15(10-8-14)23-20(25)16-4-2-3-5-17(16)22/h2-12H,1H3,(H,23,25). The molecule has 0 aliphatic carbocycles. The van der Waals surface area contributed by atoms with Crippen LogP contribution in [0.3, 0.4) is 0 Å². The van der Waals surface area contributed by atoms with Gasteiger partial charge in [-0.3, -0.25) is 4.79 Å². The Morgan fingerprint density at radius 2 is 1.81 bits per heavy atom. The zero-order chi connectivity index (χ0) is 18.1. The van der Waals surface area contributed by atoms with Crippen molar-refractivity contribution >= 4 is 45.3 Å². The fraction of sp³-hybridized carbons (Fsp3) is 0.0476. The van der Waals surface area contributed by atoms with Crippen molar-refractivity contribution in [3.8, 4) is 11.5 Å². The summed E-state index contributed by atoms with van der Waals surface area (Å²) >= 11 is 2.16. The summed E-state index contributed by atoms with van der Waals surface area (Å²) in [5.41, 5.74) is 4.99. The summed E-state index contributed by atoms with van der Waals surface area (Å²) in [6.07, 6.45) is 0. The fourth-order valence-electron chi connectivity index (χ4n) is 2.70. The first-order chi connectivity index (χ1) is 12.6. The molecule has 0 aliphatic heterocycles. The Hall–Kier alpha value is -2.67. The number of nitrogens with zero attached hydrogens (tertiary/aromatic N) is 1. The Bertz CT molecular complexity index is 1100. The Kier molecular flexibility index (Phi) is 4.46. The van der Waals surface area contributed by atoms with Gasteiger partial charge in [0.2, 0.25) is 5.89 Å². The maximum atomic E-state index is 12.4. The number of anilines is 1. The number of oxazole rings is 1. The van der Waals surface area contributed by atoms with E-state index in [2.05, 4.69) is 32.9 Å². The molecule has 128 valence electrons. The Morgan fingerprint density at radius 3 is 2.58 bits per heavy atom. The molecule has 0 aliphatic rings. The largest absolute Gasteiger partial charge is 0.436 e. The van der Waals surface area contributed by atoms with Gasteiger partial charge in [-0.1, -0.05) is 18.2 Å². The van der Waals surface area contributed by atoms with Crippen LogP contribution in [0.1, 0.15) is 15.9 Å². The molecule has 1 heterocycles. The maximum Gasteiger partial charge on any atom is 0.256 e. The number of fused-ring (bicyclic) bond motifs is 1. The average Bonchev–Trinajstić information content (AvgIpc) is 3.05. The lowest BCUT2D eigenvalue weighted by Crippen LogP contribution is -2.13. The summed E-state index contributed by atoms with van der Waals surface area (Å²) in [5, 5.41) is 2.92. The molecule has 0 bridgehead atoms. The molecule has 0 unspecified atom stereocenters. The van der Waals surface area contributed by atoms with Crippen molar-refractivity contribution in [1.82, 2.24) is 4.98 Å². The number of benzene rings is 3. The van der Waals surface area contributed by atoms with E-state index in [9.17, 15) is 4.79 Å². The fourth-order valence-corrected chi connectivity index (χ4v) is 3.33. The SMILES string of the molecule is Cc1ccc2nc(-c3ccc(NC(=O)c4ccccc4I)cc3)oc2c1. The van der Waals surface area contributed by atoms with Crippen LogP contribution in [-0.4, -0.2) is 10.9 Å². The van der Waals surface area contributed by atoms with Gasteiger partial charge < -0.3 is 9.73 Å². The van der Waals surface area contributed by atoms with Crippen molar-refractivity contribution in [3.05, 3.63) is 81.4 Å². The number of amides is 1. The Balaban J connectivity index is 1.56. The first-order valence-electron chi connectivity index (χ1n) is 8.14. The molecule has 3 aromatic carbocycles. The van der Waals surface area contributed by atoms with Gasteiger partial charge in [0.25, 0.3) is 5.91 Å². The number of hydrogen-bond acceptors (Lipinski definition) is 3. The molecule has 1 aromatic heterocycles. The van der Waals surface area contributed by atoms with Crippen LogP contribution in [0.15, 0.2) is 71.1 Å². The molecule has 5 heteroatoms. The predicted molar refractivity (Wildman–Crippen MR) is 111 cm³/mol. The number of halogens is 1. The number of aromatic nitrogens is 1. The van der Waals surface area contributed by atoms with Gasteiger partial charge in [-0.05, 0) is 83.6 Å². The Morgan fingerprint density at radius 1 is 1.04 bits per heavy atom.